The number of hydrogen-bond donors (Lipinski definition) is 0. The number of nitro benzene ring substituents is 1. The number of aliphatic imine (C=N–C) groups is 1. The van der Waals surface area contributed by atoms with Gasteiger partial charge in [0.15, 0.2) is 17.2 Å². The standard InChI is InChI=1S/C25H18Cl2N2O6/c1-2-33-22-12-16(10-19(27)23(22)34-14-15-6-4-3-5-7-15)11-20-25(30)35-24(28-20)17-8-9-18(26)21(13-17)29(31)32/h3-13H,2,14H2,1H3/b20-11-. The number of rotatable bonds is 8. The van der Waals surface area contributed by atoms with Crippen LogP contribution < -0.4 is 9.47 Å². The van der Waals surface area contributed by atoms with Gasteiger partial charge in [0.25, 0.3) is 5.69 Å². The molecule has 178 valence electrons. The summed E-state index contributed by atoms with van der Waals surface area (Å²) in [6.45, 7) is 2.50. The number of carbonyl (C=O) groups excluding carboxylic acids is 1. The fourth-order valence-corrected chi connectivity index (χ4v) is 3.74. The van der Waals surface area contributed by atoms with Crippen LogP contribution in [-0.2, 0) is 16.1 Å². The summed E-state index contributed by atoms with van der Waals surface area (Å²) in [7, 11) is 0. The van der Waals surface area contributed by atoms with Gasteiger partial charge in [0.2, 0.25) is 5.90 Å². The molecule has 1 aliphatic heterocycles. The average Bonchev–Trinajstić information content (AvgIpc) is 3.19. The zero-order chi connectivity index (χ0) is 24.9. The van der Waals surface area contributed by atoms with Gasteiger partial charge in [-0.3, -0.25) is 10.1 Å². The second-order valence-corrected chi connectivity index (χ2v) is 8.11. The molecule has 1 aliphatic rings. The fraction of sp³-hybridized carbons (Fsp3) is 0.120. The third kappa shape index (κ3) is 5.62. The lowest BCUT2D eigenvalue weighted by Crippen LogP contribution is -2.06. The van der Waals surface area contributed by atoms with Gasteiger partial charge in [0, 0.05) is 11.6 Å². The Morgan fingerprint density at radius 2 is 1.83 bits per heavy atom. The van der Waals surface area contributed by atoms with Crippen LogP contribution in [0.4, 0.5) is 5.69 Å². The van der Waals surface area contributed by atoms with Crippen molar-refractivity contribution < 1.29 is 23.9 Å². The van der Waals surface area contributed by atoms with E-state index in [0.717, 1.165) is 5.56 Å². The molecule has 0 N–H and O–H groups in total. The van der Waals surface area contributed by atoms with Gasteiger partial charge in [-0.1, -0.05) is 53.5 Å². The van der Waals surface area contributed by atoms with E-state index >= 15 is 0 Å². The Hall–Kier alpha value is -3.88. The predicted octanol–water partition coefficient (Wildman–Crippen LogP) is 6.22. The van der Waals surface area contributed by atoms with Crippen molar-refractivity contribution in [3.05, 3.63) is 103 Å². The molecule has 0 amide bonds. The Morgan fingerprint density at radius 3 is 2.54 bits per heavy atom. The Kier molecular flexibility index (Phi) is 7.33. The summed E-state index contributed by atoms with van der Waals surface area (Å²) in [5.74, 6) is 0.00825. The molecule has 0 saturated heterocycles. The van der Waals surface area contributed by atoms with E-state index in [1.807, 2.05) is 37.3 Å². The molecule has 0 unspecified atom stereocenters. The number of cyclic esters (lactones) is 1. The molecule has 0 spiro atoms. The molecule has 0 fully saturated rings. The molecule has 0 aliphatic carbocycles. The van der Waals surface area contributed by atoms with Crippen LogP contribution in [-0.4, -0.2) is 23.4 Å². The van der Waals surface area contributed by atoms with Crippen molar-refractivity contribution in [2.45, 2.75) is 13.5 Å². The summed E-state index contributed by atoms with van der Waals surface area (Å²) >= 11 is 12.3. The molecule has 35 heavy (non-hydrogen) atoms. The minimum absolute atomic E-state index is 0.00549. The van der Waals surface area contributed by atoms with Gasteiger partial charge < -0.3 is 14.2 Å². The molecule has 0 saturated carbocycles. The zero-order valence-electron chi connectivity index (χ0n) is 18.4. The number of benzene rings is 3. The van der Waals surface area contributed by atoms with E-state index in [1.165, 1.54) is 24.3 Å². The third-order valence-corrected chi connectivity index (χ3v) is 5.47. The van der Waals surface area contributed by atoms with E-state index in [9.17, 15) is 14.9 Å². The van der Waals surface area contributed by atoms with Crippen molar-refractivity contribution in [1.82, 2.24) is 0 Å². The van der Waals surface area contributed by atoms with Gasteiger partial charge in [-0.2, -0.15) is 0 Å². The second kappa shape index (κ2) is 10.6. The molecule has 0 aromatic heterocycles. The SMILES string of the molecule is CCOc1cc(/C=C2\N=C(c3ccc(Cl)c([N+](=O)[O-])c3)OC2=O)cc(Cl)c1OCc1ccccc1. The van der Waals surface area contributed by atoms with E-state index in [0.29, 0.717) is 35.3 Å². The van der Waals surface area contributed by atoms with E-state index in [4.69, 9.17) is 37.4 Å². The summed E-state index contributed by atoms with van der Waals surface area (Å²) in [6.07, 6.45) is 1.48. The molecule has 10 heteroatoms. The van der Waals surface area contributed by atoms with Gasteiger partial charge in [-0.25, -0.2) is 9.79 Å². The highest BCUT2D eigenvalue weighted by Gasteiger charge is 2.26. The van der Waals surface area contributed by atoms with Crippen molar-refractivity contribution in [2.75, 3.05) is 6.61 Å². The number of hydrogen-bond acceptors (Lipinski definition) is 7. The number of esters is 1. The minimum Gasteiger partial charge on any atom is -0.490 e. The van der Waals surface area contributed by atoms with Crippen LogP contribution in [0.25, 0.3) is 6.08 Å². The number of nitrogens with zero attached hydrogens (tertiary/aromatic N) is 2. The van der Waals surface area contributed by atoms with Gasteiger partial charge in [-0.15, -0.1) is 0 Å². The quantitative estimate of drug-likeness (QED) is 0.153. The normalized spacial score (nSPS) is 14.0. The van der Waals surface area contributed by atoms with Crippen LogP contribution in [0.2, 0.25) is 10.0 Å². The first-order valence-corrected chi connectivity index (χ1v) is 11.2. The molecular weight excluding hydrogens is 495 g/mol. The van der Waals surface area contributed by atoms with Gasteiger partial charge in [0.1, 0.15) is 11.6 Å². The van der Waals surface area contributed by atoms with Crippen molar-refractivity contribution in [2.24, 2.45) is 4.99 Å². The van der Waals surface area contributed by atoms with Crippen LogP contribution in [0.1, 0.15) is 23.6 Å². The number of nitro groups is 1. The predicted molar refractivity (Wildman–Crippen MR) is 132 cm³/mol. The average molecular weight is 513 g/mol. The first-order chi connectivity index (χ1) is 16.9. The van der Waals surface area contributed by atoms with Crippen molar-refractivity contribution >= 4 is 46.8 Å². The highest BCUT2D eigenvalue weighted by atomic mass is 35.5. The fourth-order valence-electron chi connectivity index (χ4n) is 3.28. The van der Waals surface area contributed by atoms with E-state index in [1.54, 1.807) is 12.1 Å². The maximum Gasteiger partial charge on any atom is 0.363 e. The molecule has 3 aromatic rings. The van der Waals surface area contributed by atoms with Gasteiger partial charge in [-0.05, 0) is 48.4 Å². The number of halogens is 2. The molecular formula is C25H18Cl2N2O6. The molecule has 0 radical (unpaired) electrons. The van der Waals surface area contributed by atoms with Gasteiger partial charge >= 0.3 is 5.97 Å². The van der Waals surface area contributed by atoms with E-state index < -0.39 is 10.9 Å². The lowest BCUT2D eigenvalue weighted by Gasteiger charge is -2.14. The lowest BCUT2D eigenvalue weighted by molar-refractivity contribution is -0.384. The Balaban J connectivity index is 1.63. The highest BCUT2D eigenvalue weighted by Crippen LogP contribution is 2.38. The highest BCUT2D eigenvalue weighted by molar-refractivity contribution is 6.33. The topological polar surface area (TPSA) is 100 Å². The molecule has 1 heterocycles. The Labute approximate surface area is 210 Å². The summed E-state index contributed by atoms with van der Waals surface area (Å²) in [6, 6.07) is 16.9. The largest absolute Gasteiger partial charge is 0.490 e. The smallest absolute Gasteiger partial charge is 0.363 e. The van der Waals surface area contributed by atoms with Crippen LogP contribution in [0.3, 0.4) is 0 Å². The monoisotopic (exact) mass is 512 g/mol. The van der Waals surface area contributed by atoms with E-state index in [2.05, 4.69) is 4.99 Å². The summed E-state index contributed by atoms with van der Waals surface area (Å²) in [4.78, 5) is 27.1. The maximum atomic E-state index is 12.4. The summed E-state index contributed by atoms with van der Waals surface area (Å²) in [5.41, 5.74) is 1.42. The molecule has 8 nitrogen and oxygen atoms in total. The number of carbonyl (C=O) groups is 1. The van der Waals surface area contributed by atoms with Crippen LogP contribution in [0.15, 0.2) is 71.4 Å². The Bertz CT molecular complexity index is 1360. The molecule has 3 aromatic carbocycles. The maximum absolute atomic E-state index is 12.4. The van der Waals surface area contributed by atoms with Crippen LogP contribution >= 0.6 is 23.2 Å². The van der Waals surface area contributed by atoms with Crippen molar-refractivity contribution in [3.8, 4) is 11.5 Å². The molecule has 0 atom stereocenters. The van der Waals surface area contributed by atoms with Crippen molar-refractivity contribution in [3.63, 3.8) is 0 Å². The first-order valence-electron chi connectivity index (χ1n) is 10.5. The zero-order valence-corrected chi connectivity index (χ0v) is 19.9. The first kappa shape index (κ1) is 24.3. The van der Waals surface area contributed by atoms with E-state index in [-0.39, 0.29) is 27.9 Å². The Morgan fingerprint density at radius 1 is 1.06 bits per heavy atom. The van der Waals surface area contributed by atoms with Crippen molar-refractivity contribution in [1.29, 1.82) is 0 Å². The lowest BCUT2D eigenvalue weighted by atomic mass is 10.1. The third-order valence-electron chi connectivity index (χ3n) is 4.87. The van der Waals surface area contributed by atoms with Gasteiger partial charge in [0.05, 0.1) is 16.6 Å². The van der Waals surface area contributed by atoms with Crippen LogP contribution in [0, 0.1) is 10.1 Å². The molecule has 4 rings (SSSR count). The number of ether oxygens (including phenoxy) is 3. The summed E-state index contributed by atoms with van der Waals surface area (Å²) < 4.78 is 16.8. The molecule has 0 bridgehead atoms. The summed E-state index contributed by atoms with van der Waals surface area (Å²) in [5, 5.41) is 11.4. The van der Waals surface area contributed by atoms with Crippen LogP contribution in [0.5, 0.6) is 11.5 Å². The minimum atomic E-state index is -0.712. The second-order valence-electron chi connectivity index (χ2n) is 7.30.